The average molecular weight is 260 g/mol. The van der Waals surface area contributed by atoms with Gasteiger partial charge in [0.15, 0.2) is 0 Å². The smallest absolute Gasteiger partial charge is 0.230 e. The van der Waals surface area contributed by atoms with E-state index in [1.54, 1.807) is 11.0 Å². The van der Waals surface area contributed by atoms with Gasteiger partial charge in [-0.05, 0) is 36.8 Å². The first-order chi connectivity index (χ1) is 9.24. The molecule has 0 radical (unpaired) electrons. The fraction of sp³-hybridized carbons (Fsp3) is 0.533. The van der Waals surface area contributed by atoms with Gasteiger partial charge in [0.25, 0.3) is 0 Å². The van der Waals surface area contributed by atoms with Gasteiger partial charge in [-0.2, -0.15) is 0 Å². The summed E-state index contributed by atoms with van der Waals surface area (Å²) in [5.41, 5.74) is 7.27. The van der Waals surface area contributed by atoms with Crippen molar-refractivity contribution in [1.29, 1.82) is 0 Å². The minimum absolute atomic E-state index is 0.0396. The van der Waals surface area contributed by atoms with E-state index in [-0.39, 0.29) is 18.4 Å². The van der Waals surface area contributed by atoms with Crippen LogP contribution in [0.2, 0.25) is 0 Å². The van der Waals surface area contributed by atoms with Crippen molar-refractivity contribution in [2.75, 3.05) is 23.8 Å². The van der Waals surface area contributed by atoms with Crippen molar-refractivity contribution in [2.45, 2.75) is 19.3 Å². The van der Waals surface area contributed by atoms with Crippen LogP contribution >= 0.6 is 0 Å². The Kier molecular flexibility index (Phi) is 3.19. The molecule has 3 N–H and O–H groups in total. The van der Waals surface area contributed by atoms with E-state index in [0.717, 1.165) is 5.69 Å². The monoisotopic (exact) mass is 260 g/mol. The maximum absolute atomic E-state index is 12.6. The molecule has 2 atom stereocenters. The van der Waals surface area contributed by atoms with Gasteiger partial charge in [0.05, 0.1) is 18.0 Å². The Balaban J connectivity index is 1.81. The van der Waals surface area contributed by atoms with E-state index in [0.29, 0.717) is 24.1 Å². The van der Waals surface area contributed by atoms with Gasteiger partial charge in [-0.15, -0.1) is 0 Å². The molecule has 0 heterocycles. The van der Waals surface area contributed by atoms with E-state index in [1.807, 2.05) is 18.2 Å². The van der Waals surface area contributed by atoms with Crippen LogP contribution in [-0.2, 0) is 4.79 Å². The largest absolute Gasteiger partial charge is 0.397 e. The summed E-state index contributed by atoms with van der Waals surface area (Å²) in [6, 6.07) is 7.37. The lowest BCUT2D eigenvalue weighted by atomic mass is 10.1. The number of hydrogen-bond donors (Lipinski definition) is 2. The molecule has 0 aromatic heterocycles. The Labute approximate surface area is 113 Å². The molecule has 2 aliphatic carbocycles. The second-order valence-electron chi connectivity index (χ2n) is 5.56. The first-order valence-corrected chi connectivity index (χ1v) is 7.00. The molecule has 0 saturated heterocycles. The van der Waals surface area contributed by atoms with Crippen LogP contribution in [0.3, 0.4) is 0 Å². The van der Waals surface area contributed by atoms with E-state index >= 15 is 0 Å². The van der Waals surface area contributed by atoms with Crippen molar-refractivity contribution >= 4 is 17.3 Å². The van der Waals surface area contributed by atoms with Gasteiger partial charge in [0, 0.05) is 12.5 Å². The van der Waals surface area contributed by atoms with Crippen molar-refractivity contribution in [3.63, 3.8) is 0 Å². The predicted molar refractivity (Wildman–Crippen MR) is 74.6 cm³/mol. The predicted octanol–water partition coefficient (Wildman–Crippen LogP) is 1.64. The summed E-state index contributed by atoms with van der Waals surface area (Å²) in [5.74, 6) is 1.47. The Hall–Kier alpha value is -1.55. The van der Waals surface area contributed by atoms with E-state index in [4.69, 9.17) is 5.73 Å². The number of aliphatic hydroxyl groups is 1. The molecule has 4 nitrogen and oxygen atoms in total. The second kappa shape index (κ2) is 4.85. The first kappa shape index (κ1) is 12.5. The maximum Gasteiger partial charge on any atom is 0.230 e. The topological polar surface area (TPSA) is 66.6 Å². The number of nitrogen functional groups attached to an aromatic ring is 1. The van der Waals surface area contributed by atoms with Gasteiger partial charge < -0.3 is 15.7 Å². The number of para-hydroxylation sites is 2. The molecular formula is C15H20N2O2. The highest BCUT2D eigenvalue weighted by Crippen LogP contribution is 2.58. The van der Waals surface area contributed by atoms with Gasteiger partial charge in [0.1, 0.15) is 0 Å². The molecule has 2 unspecified atom stereocenters. The van der Waals surface area contributed by atoms with Crippen molar-refractivity contribution in [3.8, 4) is 0 Å². The van der Waals surface area contributed by atoms with Crippen LogP contribution in [0, 0.1) is 17.8 Å². The van der Waals surface area contributed by atoms with Crippen molar-refractivity contribution < 1.29 is 9.90 Å². The Morgan fingerprint density at radius 1 is 1.32 bits per heavy atom. The third-order valence-electron chi connectivity index (χ3n) is 4.51. The molecule has 2 saturated carbocycles. The maximum atomic E-state index is 12.6. The Bertz CT molecular complexity index is 479. The highest BCUT2D eigenvalue weighted by Gasteiger charge is 2.57. The fourth-order valence-electron chi connectivity index (χ4n) is 3.55. The highest BCUT2D eigenvalue weighted by molar-refractivity contribution is 5.99. The quantitative estimate of drug-likeness (QED) is 0.809. The number of amides is 1. The number of hydrogen-bond acceptors (Lipinski definition) is 3. The van der Waals surface area contributed by atoms with Crippen LogP contribution in [0.15, 0.2) is 24.3 Å². The number of fused-ring (bicyclic) bond motifs is 1. The van der Waals surface area contributed by atoms with Gasteiger partial charge in [-0.3, -0.25) is 4.79 Å². The molecule has 0 spiro atoms. The van der Waals surface area contributed by atoms with Crippen LogP contribution in [0.4, 0.5) is 11.4 Å². The number of carbonyl (C=O) groups excluding carboxylic acids is 1. The normalized spacial score (nSPS) is 27.9. The fourth-order valence-corrected chi connectivity index (χ4v) is 3.55. The van der Waals surface area contributed by atoms with Gasteiger partial charge in [0.2, 0.25) is 5.91 Å². The van der Waals surface area contributed by atoms with Crippen LogP contribution in [-0.4, -0.2) is 24.2 Å². The number of anilines is 2. The number of nitrogens with zero attached hydrogens (tertiary/aromatic N) is 1. The number of rotatable bonds is 4. The molecular weight excluding hydrogens is 240 g/mol. The molecule has 2 aliphatic rings. The number of aliphatic hydroxyl groups excluding tert-OH is 1. The minimum Gasteiger partial charge on any atom is -0.397 e. The second-order valence-corrected chi connectivity index (χ2v) is 5.56. The van der Waals surface area contributed by atoms with Crippen molar-refractivity contribution in [1.82, 2.24) is 0 Å². The Morgan fingerprint density at radius 2 is 2.00 bits per heavy atom. The van der Waals surface area contributed by atoms with Crippen LogP contribution in [0.5, 0.6) is 0 Å². The molecule has 3 rings (SSSR count). The number of benzene rings is 1. The minimum atomic E-state index is -0.0396. The molecule has 2 fully saturated rings. The zero-order chi connectivity index (χ0) is 13.4. The molecule has 1 aromatic rings. The van der Waals surface area contributed by atoms with Gasteiger partial charge in [-0.25, -0.2) is 0 Å². The summed E-state index contributed by atoms with van der Waals surface area (Å²) in [4.78, 5) is 14.3. The van der Waals surface area contributed by atoms with Crippen molar-refractivity contribution in [3.05, 3.63) is 24.3 Å². The molecule has 1 amide bonds. The summed E-state index contributed by atoms with van der Waals surface area (Å²) in [5, 5.41) is 9.21. The van der Waals surface area contributed by atoms with E-state index < -0.39 is 0 Å². The molecule has 102 valence electrons. The summed E-state index contributed by atoms with van der Waals surface area (Å²) in [7, 11) is 0. The number of carbonyl (C=O) groups is 1. The lowest BCUT2D eigenvalue weighted by Crippen LogP contribution is -2.36. The van der Waals surface area contributed by atoms with E-state index in [1.165, 1.54) is 19.3 Å². The molecule has 1 aromatic carbocycles. The summed E-state index contributed by atoms with van der Waals surface area (Å²) >= 11 is 0. The Morgan fingerprint density at radius 3 is 2.63 bits per heavy atom. The third kappa shape index (κ3) is 2.10. The lowest BCUT2D eigenvalue weighted by molar-refractivity contribution is -0.120. The average Bonchev–Trinajstić information content (AvgIpc) is 2.89. The zero-order valence-corrected chi connectivity index (χ0v) is 11.0. The standard InChI is InChI=1S/C15H20N2O2/c16-12-6-1-2-7-13(12)17(8-9-18)15(19)14-10-4-3-5-11(10)14/h1-2,6-7,10-11,14,18H,3-5,8-9,16H2. The summed E-state index contributed by atoms with van der Waals surface area (Å²) in [6.07, 6.45) is 3.61. The van der Waals surface area contributed by atoms with Crippen LogP contribution in [0.1, 0.15) is 19.3 Å². The van der Waals surface area contributed by atoms with Gasteiger partial charge in [-0.1, -0.05) is 18.6 Å². The first-order valence-electron chi connectivity index (χ1n) is 7.00. The van der Waals surface area contributed by atoms with Crippen molar-refractivity contribution in [2.24, 2.45) is 17.8 Å². The summed E-state index contributed by atoms with van der Waals surface area (Å²) in [6.45, 7) is 0.283. The van der Waals surface area contributed by atoms with Crippen LogP contribution < -0.4 is 10.6 Å². The SMILES string of the molecule is Nc1ccccc1N(CCO)C(=O)C1C2CCCC21. The molecule has 0 aliphatic heterocycles. The van der Waals surface area contributed by atoms with Crippen LogP contribution in [0.25, 0.3) is 0 Å². The summed E-state index contributed by atoms with van der Waals surface area (Å²) < 4.78 is 0. The van der Waals surface area contributed by atoms with Gasteiger partial charge >= 0.3 is 0 Å². The third-order valence-corrected chi connectivity index (χ3v) is 4.51. The molecule has 4 heteroatoms. The molecule has 0 bridgehead atoms. The highest BCUT2D eigenvalue weighted by atomic mass is 16.3. The lowest BCUT2D eigenvalue weighted by Gasteiger charge is -2.24. The molecule has 19 heavy (non-hydrogen) atoms. The zero-order valence-electron chi connectivity index (χ0n) is 11.0. The van der Waals surface area contributed by atoms with E-state index in [9.17, 15) is 9.90 Å². The van der Waals surface area contributed by atoms with E-state index in [2.05, 4.69) is 0 Å². The number of nitrogens with two attached hydrogens (primary N) is 1.